The fourth-order valence-electron chi connectivity index (χ4n) is 2.12. The SMILES string of the molecule is O=C1NC(=O)/C(=C/c2ccc(OCc3ccc(N(O)O)cc3)cc2)S1. The Morgan fingerprint density at radius 3 is 2.28 bits per heavy atom. The smallest absolute Gasteiger partial charge is 0.290 e. The van der Waals surface area contributed by atoms with Gasteiger partial charge in [-0.3, -0.25) is 25.3 Å². The minimum Gasteiger partial charge on any atom is -0.489 e. The van der Waals surface area contributed by atoms with Gasteiger partial charge in [0, 0.05) is 0 Å². The summed E-state index contributed by atoms with van der Waals surface area (Å²) >= 11 is 0.875. The van der Waals surface area contributed by atoms with Gasteiger partial charge in [0.25, 0.3) is 11.1 Å². The van der Waals surface area contributed by atoms with Crippen LogP contribution in [0.4, 0.5) is 10.5 Å². The molecule has 0 saturated carbocycles. The van der Waals surface area contributed by atoms with E-state index >= 15 is 0 Å². The minimum absolute atomic E-state index is 0.0499. The molecule has 0 spiro atoms. The van der Waals surface area contributed by atoms with Crippen LogP contribution in [0.5, 0.6) is 5.75 Å². The highest BCUT2D eigenvalue weighted by molar-refractivity contribution is 8.18. The number of nitrogens with one attached hydrogen (secondary N) is 1. The largest absolute Gasteiger partial charge is 0.489 e. The Kier molecular flexibility index (Phi) is 5.03. The van der Waals surface area contributed by atoms with E-state index in [1.54, 1.807) is 54.6 Å². The number of anilines is 1. The summed E-state index contributed by atoms with van der Waals surface area (Å²) in [4.78, 5) is 23.0. The monoisotopic (exact) mass is 358 g/mol. The highest BCUT2D eigenvalue weighted by Gasteiger charge is 2.24. The lowest BCUT2D eigenvalue weighted by Gasteiger charge is -2.10. The molecular formula is C17H14N2O5S. The first-order chi connectivity index (χ1) is 12.0. The topological polar surface area (TPSA) is 99.1 Å². The van der Waals surface area contributed by atoms with Crippen LogP contribution < -0.4 is 15.3 Å². The second-order valence-corrected chi connectivity index (χ2v) is 6.18. The van der Waals surface area contributed by atoms with Gasteiger partial charge in [-0.15, -0.1) is 5.23 Å². The van der Waals surface area contributed by atoms with E-state index < -0.39 is 0 Å². The first kappa shape index (κ1) is 17.0. The second kappa shape index (κ2) is 7.39. The quantitative estimate of drug-likeness (QED) is 0.558. The summed E-state index contributed by atoms with van der Waals surface area (Å²) < 4.78 is 5.66. The van der Waals surface area contributed by atoms with Gasteiger partial charge < -0.3 is 4.74 Å². The molecule has 1 fully saturated rings. The summed E-state index contributed by atoms with van der Waals surface area (Å²) in [5.41, 5.74) is 1.91. The minimum atomic E-state index is -0.386. The highest BCUT2D eigenvalue weighted by Crippen LogP contribution is 2.26. The molecular weight excluding hydrogens is 344 g/mol. The summed E-state index contributed by atoms with van der Waals surface area (Å²) in [6, 6.07) is 13.7. The Morgan fingerprint density at radius 2 is 1.72 bits per heavy atom. The van der Waals surface area contributed by atoms with Crippen LogP contribution in [0, 0.1) is 0 Å². The van der Waals surface area contributed by atoms with Gasteiger partial charge in [-0.05, 0) is 53.2 Å². The summed E-state index contributed by atoms with van der Waals surface area (Å²) in [6.45, 7) is 0.324. The van der Waals surface area contributed by atoms with Crippen LogP contribution in [0.25, 0.3) is 6.08 Å². The Labute approximate surface area is 147 Å². The maximum atomic E-state index is 11.5. The Hall–Kier alpha value is -2.81. The number of carbonyl (C=O) groups is 2. The zero-order valence-corrected chi connectivity index (χ0v) is 13.7. The third-order valence-corrected chi connectivity index (χ3v) is 4.20. The van der Waals surface area contributed by atoms with Gasteiger partial charge >= 0.3 is 0 Å². The van der Waals surface area contributed by atoms with Crippen LogP contribution in [-0.2, 0) is 11.4 Å². The number of imide groups is 1. The lowest BCUT2D eigenvalue weighted by Crippen LogP contribution is -2.17. The van der Waals surface area contributed by atoms with Crippen molar-refractivity contribution in [3.05, 3.63) is 64.6 Å². The fourth-order valence-corrected chi connectivity index (χ4v) is 2.81. The molecule has 1 aliphatic heterocycles. The molecule has 1 saturated heterocycles. The number of thioether (sulfide) groups is 1. The lowest BCUT2D eigenvalue weighted by atomic mass is 10.2. The number of benzene rings is 2. The zero-order chi connectivity index (χ0) is 17.8. The molecule has 3 rings (SSSR count). The van der Waals surface area contributed by atoms with Crippen molar-refractivity contribution >= 4 is 34.7 Å². The van der Waals surface area contributed by atoms with Crippen LogP contribution in [0.3, 0.4) is 0 Å². The molecule has 0 aromatic heterocycles. The van der Waals surface area contributed by atoms with E-state index in [1.807, 2.05) is 0 Å². The first-order valence-corrected chi connectivity index (χ1v) is 8.07. The summed E-state index contributed by atoms with van der Waals surface area (Å²) in [6.07, 6.45) is 1.64. The van der Waals surface area contributed by atoms with Crippen molar-refractivity contribution in [1.82, 2.24) is 5.32 Å². The van der Waals surface area contributed by atoms with Crippen LogP contribution in [0.2, 0.25) is 0 Å². The van der Waals surface area contributed by atoms with E-state index in [0.29, 0.717) is 17.3 Å². The molecule has 1 heterocycles. The average molecular weight is 358 g/mol. The lowest BCUT2D eigenvalue weighted by molar-refractivity contribution is -0.115. The van der Waals surface area contributed by atoms with Crippen LogP contribution in [-0.4, -0.2) is 21.6 Å². The molecule has 3 N–H and O–H groups in total. The molecule has 0 unspecified atom stereocenters. The van der Waals surface area contributed by atoms with E-state index in [-0.39, 0.29) is 22.1 Å². The third kappa shape index (κ3) is 4.38. The number of ether oxygens (including phenoxy) is 1. The molecule has 0 atom stereocenters. The molecule has 2 aromatic rings. The van der Waals surface area contributed by atoms with Gasteiger partial charge in [-0.25, -0.2) is 0 Å². The van der Waals surface area contributed by atoms with Crippen LogP contribution >= 0.6 is 11.8 Å². The van der Waals surface area contributed by atoms with E-state index in [1.165, 1.54) is 0 Å². The van der Waals surface area contributed by atoms with Crippen molar-refractivity contribution in [2.24, 2.45) is 0 Å². The van der Waals surface area contributed by atoms with Crippen LogP contribution in [0.1, 0.15) is 11.1 Å². The van der Waals surface area contributed by atoms with Gasteiger partial charge in [0.05, 0.1) is 10.6 Å². The predicted octanol–water partition coefficient (Wildman–Crippen LogP) is 3.17. The Balaban J connectivity index is 1.60. The number of rotatable bonds is 5. The average Bonchev–Trinajstić information content (AvgIpc) is 2.92. The number of amides is 2. The first-order valence-electron chi connectivity index (χ1n) is 7.26. The van der Waals surface area contributed by atoms with E-state index in [2.05, 4.69) is 5.32 Å². The third-order valence-electron chi connectivity index (χ3n) is 3.39. The van der Waals surface area contributed by atoms with Gasteiger partial charge in [0.2, 0.25) is 0 Å². The van der Waals surface area contributed by atoms with Crippen molar-refractivity contribution in [3.63, 3.8) is 0 Å². The Morgan fingerprint density at radius 1 is 1.04 bits per heavy atom. The van der Waals surface area contributed by atoms with Crippen molar-refractivity contribution in [1.29, 1.82) is 0 Å². The van der Waals surface area contributed by atoms with E-state index in [4.69, 9.17) is 15.2 Å². The van der Waals surface area contributed by atoms with Gasteiger partial charge in [-0.2, -0.15) is 0 Å². The van der Waals surface area contributed by atoms with Crippen LogP contribution in [0.15, 0.2) is 53.4 Å². The molecule has 25 heavy (non-hydrogen) atoms. The standard InChI is InChI=1S/C17H14N2O5S/c20-16-15(25-17(21)18-16)9-11-3-7-14(8-4-11)24-10-12-1-5-13(6-2-12)19(22)23/h1-9,22-23H,10H2,(H,18,20,21)/b15-9-. The number of hydrogen-bond acceptors (Lipinski definition) is 7. The van der Waals surface area contributed by atoms with Crippen molar-refractivity contribution in [2.45, 2.75) is 6.61 Å². The molecule has 2 amide bonds. The van der Waals surface area contributed by atoms with Gasteiger partial charge in [0.1, 0.15) is 12.4 Å². The predicted molar refractivity (Wildman–Crippen MR) is 92.4 cm³/mol. The molecule has 0 bridgehead atoms. The molecule has 7 nitrogen and oxygen atoms in total. The zero-order valence-electron chi connectivity index (χ0n) is 12.9. The maximum absolute atomic E-state index is 11.5. The van der Waals surface area contributed by atoms with Crippen molar-refractivity contribution < 1.29 is 24.7 Å². The number of hydrogen-bond donors (Lipinski definition) is 3. The number of carbonyl (C=O) groups excluding carboxylic acids is 2. The highest BCUT2D eigenvalue weighted by atomic mass is 32.2. The summed E-state index contributed by atoms with van der Waals surface area (Å²) in [7, 11) is 0. The second-order valence-electron chi connectivity index (χ2n) is 5.17. The summed E-state index contributed by atoms with van der Waals surface area (Å²) in [5.74, 6) is 0.264. The normalized spacial score (nSPS) is 15.4. The molecule has 2 aromatic carbocycles. The summed E-state index contributed by atoms with van der Waals surface area (Å²) in [5, 5.41) is 19.7. The molecule has 0 radical (unpaired) electrons. The number of nitrogens with zero attached hydrogens (tertiary/aromatic N) is 1. The van der Waals surface area contributed by atoms with E-state index in [0.717, 1.165) is 22.9 Å². The van der Waals surface area contributed by atoms with Gasteiger partial charge in [0.15, 0.2) is 0 Å². The maximum Gasteiger partial charge on any atom is 0.290 e. The van der Waals surface area contributed by atoms with Crippen molar-refractivity contribution in [3.8, 4) is 5.75 Å². The van der Waals surface area contributed by atoms with Gasteiger partial charge in [-0.1, -0.05) is 24.3 Å². The molecule has 1 aliphatic rings. The fraction of sp³-hybridized carbons (Fsp3) is 0.0588. The molecule has 8 heteroatoms. The molecule has 0 aliphatic carbocycles. The molecule has 128 valence electrons. The van der Waals surface area contributed by atoms with E-state index in [9.17, 15) is 9.59 Å². The Bertz CT molecular complexity index is 816. The van der Waals surface area contributed by atoms with Crippen molar-refractivity contribution in [2.75, 3.05) is 5.23 Å².